The number of amides is 1. The van der Waals surface area contributed by atoms with Gasteiger partial charge >= 0.3 is 0 Å². The summed E-state index contributed by atoms with van der Waals surface area (Å²) in [5.74, 6) is -0.712. The van der Waals surface area contributed by atoms with E-state index in [-0.39, 0.29) is 35.5 Å². The second kappa shape index (κ2) is 6.74. The Balaban J connectivity index is 1.48. The molecule has 1 amide bonds. The molecule has 4 aromatic rings. The Morgan fingerprint density at radius 2 is 2.09 bits per heavy atom. The first-order valence-electron chi connectivity index (χ1n) is 10.7. The van der Waals surface area contributed by atoms with Crippen molar-refractivity contribution in [2.75, 3.05) is 12.3 Å². The fourth-order valence-corrected chi connectivity index (χ4v) is 5.18. The number of fused-ring (bicyclic) bond motifs is 6. The van der Waals surface area contributed by atoms with Crippen LogP contribution in [0.5, 0.6) is 0 Å². The summed E-state index contributed by atoms with van der Waals surface area (Å²) in [7, 11) is 0. The quantitative estimate of drug-likeness (QED) is 0.499. The minimum atomic E-state index is -0.619. The lowest BCUT2D eigenvalue weighted by Crippen LogP contribution is -2.50. The van der Waals surface area contributed by atoms with Crippen LogP contribution in [0.25, 0.3) is 16.6 Å². The Bertz CT molecular complexity index is 1410. The van der Waals surface area contributed by atoms with Crippen LogP contribution in [0.3, 0.4) is 0 Å². The smallest absolute Gasteiger partial charge is 0.257 e. The summed E-state index contributed by atoms with van der Waals surface area (Å²) >= 11 is 0. The number of imidazole rings is 1. The maximum Gasteiger partial charge on any atom is 0.257 e. The van der Waals surface area contributed by atoms with Gasteiger partial charge in [-0.05, 0) is 31.0 Å². The predicted molar refractivity (Wildman–Crippen MR) is 118 cm³/mol. The van der Waals surface area contributed by atoms with E-state index in [1.807, 2.05) is 13.0 Å². The van der Waals surface area contributed by atoms with Crippen molar-refractivity contribution in [2.45, 2.75) is 38.5 Å². The number of ether oxygens (including phenoxy) is 1. The van der Waals surface area contributed by atoms with Gasteiger partial charge in [0.15, 0.2) is 0 Å². The summed E-state index contributed by atoms with van der Waals surface area (Å²) < 4.78 is 23.1. The molecule has 1 fully saturated rings. The van der Waals surface area contributed by atoms with Gasteiger partial charge in [0, 0.05) is 19.0 Å². The number of carbonyl (C=O) groups excluding carboxylic acids is 1. The van der Waals surface area contributed by atoms with Crippen LogP contribution in [0.1, 0.15) is 40.0 Å². The van der Waals surface area contributed by atoms with Crippen LogP contribution in [0.2, 0.25) is 0 Å². The van der Waals surface area contributed by atoms with Crippen molar-refractivity contribution in [1.29, 1.82) is 0 Å². The number of hydrogen-bond acceptors (Lipinski definition) is 5. The topological polar surface area (TPSA) is 85.8 Å². The van der Waals surface area contributed by atoms with E-state index in [1.54, 1.807) is 27.9 Å². The van der Waals surface area contributed by atoms with E-state index in [0.29, 0.717) is 23.1 Å². The van der Waals surface area contributed by atoms with Gasteiger partial charge in [-0.1, -0.05) is 23.8 Å². The number of nitrogens with zero attached hydrogens (tertiary/aromatic N) is 4. The van der Waals surface area contributed by atoms with E-state index < -0.39 is 5.82 Å². The Labute approximate surface area is 183 Å². The zero-order valence-electron chi connectivity index (χ0n) is 17.7. The highest BCUT2D eigenvalue weighted by Gasteiger charge is 2.44. The van der Waals surface area contributed by atoms with E-state index >= 15 is 4.39 Å². The molecule has 1 aliphatic carbocycles. The van der Waals surface area contributed by atoms with Crippen molar-refractivity contribution >= 4 is 28.3 Å². The van der Waals surface area contributed by atoms with Gasteiger partial charge in [-0.25, -0.2) is 14.4 Å². The number of nitrogens with two attached hydrogens (primary N) is 1. The summed E-state index contributed by atoms with van der Waals surface area (Å²) in [5.41, 5.74) is 11.0. The van der Waals surface area contributed by atoms with E-state index in [0.717, 1.165) is 12.0 Å². The molecule has 2 N–H and O–H groups in total. The number of halogens is 1. The third kappa shape index (κ3) is 2.72. The number of benzene rings is 2. The number of hydrogen-bond donors (Lipinski definition) is 1. The molecule has 32 heavy (non-hydrogen) atoms. The molecule has 1 saturated heterocycles. The van der Waals surface area contributed by atoms with E-state index in [1.165, 1.54) is 17.2 Å². The van der Waals surface area contributed by atoms with Gasteiger partial charge in [0.25, 0.3) is 5.91 Å². The second-order valence-corrected chi connectivity index (χ2v) is 8.76. The zero-order valence-corrected chi connectivity index (χ0v) is 17.7. The second-order valence-electron chi connectivity index (χ2n) is 8.76. The average molecular weight is 431 g/mol. The van der Waals surface area contributed by atoms with Gasteiger partial charge in [-0.2, -0.15) is 0 Å². The highest BCUT2D eigenvalue weighted by atomic mass is 19.1. The Morgan fingerprint density at radius 3 is 2.94 bits per heavy atom. The van der Waals surface area contributed by atoms with Crippen molar-refractivity contribution in [3.05, 3.63) is 70.9 Å². The van der Waals surface area contributed by atoms with E-state index in [9.17, 15) is 4.79 Å². The maximum absolute atomic E-state index is 15.2. The molecule has 1 aliphatic heterocycles. The summed E-state index contributed by atoms with van der Waals surface area (Å²) in [6.07, 6.45) is 3.66. The normalized spacial score (nSPS) is 22.3. The van der Waals surface area contributed by atoms with E-state index in [2.05, 4.69) is 29.0 Å². The molecule has 3 atom stereocenters. The van der Waals surface area contributed by atoms with Crippen LogP contribution >= 0.6 is 0 Å². The van der Waals surface area contributed by atoms with Crippen molar-refractivity contribution in [1.82, 2.24) is 19.3 Å². The highest BCUT2D eigenvalue weighted by Crippen LogP contribution is 2.42. The van der Waals surface area contributed by atoms with Crippen LogP contribution in [-0.4, -0.2) is 43.9 Å². The van der Waals surface area contributed by atoms with Crippen LogP contribution in [0.4, 0.5) is 10.2 Å². The molecule has 0 unspecified atom stereocenters. The molecule has 162 valence electrons. The lowest BCUT2D eigenvalue weighted by Gasteiger charge is -2.41. The summed E-state index contributed by atoms with van der Waals surface area (Å²) in [4.78, 5) is 23.9. The number of nitrogen functional groups attached to an aromatic ring is 1. The minimum Gasteiger partial charge on any atom is -0.382 e. The SMILES string of the molecule is Cc1ccc2c(c1)C[C@H]1O[C@@H](C)CN(C(=O)c3cc4c(cc3F)nc(N)c3cncn34)[C@@H]21. The summed E-state index contributed by atoms with van der Waals surface area (Å²) in [6.45, 7) is 4.39. The lowest BCUT2D eigenvalue weighted by molar-refractivity contribution is -0.0938. The molecule has 2 aromatic heterocycles. The first-order valence-corrected chi connectivity index (χ1v) is 10.7. The number of morpholine rings is 1. The molecule has 2 aliphatic rings. The predicted octanol–water partition coefficient (Wildman–Crippen LogP) is 3.44. The average Bonchev–Trinajstić information content (AvgIpc) is 3.37. The van der Waals surface area contributed by atoms with Gasteiger partial charge in [0.05, 0.1) is 47.4 Å². The molecular weight excluding hydrogens is 409 g/mol. The summed E-state index contributed by atoms with van der Waals surface area (Å²) in [5, 5.41) is 0. The van der Waals surface area contributed by atoms with Gasteiger partial charge in [0.2, 0.25) is 0 Å². The number of aryl methyl sites for hydroxylation is 1. The Morgan fingerprint density at radius 1 is 1.25 bits per heavy atom. The van der Waals surface area contributed by atoms with E-state index in [4.69, 9.17) is 10.5 Å². The van der Waals surface area contributed by atoms with Gasteiger partial charge in [0.1, 0.15) is 17.2 Å². The molecule has 8 heteroatoms. The third-order valence-electron chi connectivity index (χ3n) is 6.54. The monoisotopic (exact) mass is 431 g/mol. The van der Waals surface area contributed by atoms with Gasteiger partial charge in [-0.3, -0.25) is 9.20 Å². The number of rotatable bonds is 1. The van der Waals surface area contributed by atoms with Gasteiger partial charge < -0.3 is 15.4 Å². The molecule has 2 aromatic carbocycles. The summed E-state index contributed by atoms with van der Waals surface area (Å²) in [6, 6.07) is 8.84. The molecule has 0 bridgehead atoms. The van der Waals surface area contributed by atoms with Crippen LogP contribution in [0.15, 0.2) is 42.9 Å². The molecule has 6 rings (SSSR count). The molecular formula is C24H22FN5O2. The first-order chi connectivity index (χ1) is 15.4. The minimum absolute atomic E-state index is 0.00693. The molecule has 0 spiro atoms. The third-order valence-corrected chi connectivity index (χ3v) is 6.54. The van der Waals surface area contributed by atoms with Crippen molar-refractivity contribution < 1.29 is 13.9 Å². The number of anilines is 1. The fourth-order valence-electron chi connectivity index (χ4n) is 5.18. The fraction of sp³-hybridized carbons (Fsp3) is 0.292. The first kappa shape index (κ1) is 19.2. The van der Waals surface area contributed by atoms with Crippen molar-refractivity contribution in [2.24, 2.45) is 0 Å². The molecule has 7 nitrogen and oxygen atoms in total. The van der Waals surface area contributed by atoms with Crippen LogP contribution < -0.4 is 5.73 Å². The van der Waals surface area contributed by atoms with Gasteiger partial charge in [-0.15, -0.1) is 0 Å². The van der Waals surface area contributed by atoms with Crippen LogP contribution in [0, 0.1) is 12.7 Å². The standard InChI is InChI=1S/C24H22FN5O2/c1-12-3-4-15-14(5-12)6-21-22(15)29(10-13(2)32-21)24(31)16-7-19-18(8-17(16)25)28-23(26)20-9-27-11-30(19)20/h3-5,7-9,11,13,21-22H,6,10H2,1-2H3,(H2,26,28)/t13-,21+,22-/m0/s1. The van der Waals surface area contributed by atoms with Crippen molar-refractivity contribution in [3.63, 3.8) is 0 Å². The maximum atomic E-state index is 15.2. The molecule has 0 radical (unpaired) electrons. The van der Waals surface area contributed by atoms with Crippen LogP contribution in [-0.2, 0) is 11.2 Å². The Kier molecular flexibility index (Phi) is 4.04. The molecule has 0 saturated carbocycles. The van der Waals surface area contributed by atoms with Crippen molar-refractivity contribution in [3.8, 4) is 0 Å². The zero-order chi connectivity index (χ0) is 22.1. The highest BCUT2D eigenvalue weighted by molar-refractivity contribution is 5.99. The number of aromatic nitrogens is 3. The molecule has 3 heterocycles. The largest absolute Gasteiger partial charge is 0.382 e. The lowest BCUT2D eigenvalue weighted by atomic mass is 10.0. The number of carbonyl (C=O) groups is 1. The Hall–Kier alpha value is -3.52.